The Bertz CT molecular complexity index is 376. The summed E-state index contributed by atoms with van der Waals surface area (Å²) in [7, 11) is 0. The summed E-state index contributed by atoms with van der Waals surface area (Å²) in [4.78, 5) is 11.0. The summed E-state index contributed by atoms with van der Waals surface area (Å²) in [6.45, 7) is 0.439. The van der Waals surface area contributed by atoms with Gasteiger partial charge in [0.15, 0.2) is 5.76 Å². The minimum atomic E-state index is -4.39. The smallest absolute Gasteiger partial charge is 0.360 e. The van der Waals surface area contributed by atoms with E-state index in [0.29, 0.717) is 11.5 Å². The molecule has 0 saturated carbocycles. The number of aromatic nitrogens is 1. The first kappa shape index (κ1) is 13.5. The van der Waals surface area contributed by atoms with Crippen molar-refractivity contribution in [2.45, 2.75) is 19.6 Å². The summed E-state index contributed by atoms with van der Waals surface area (Å²) >= 11 is 0. The molecule has 1 amide bonds. The Balaban J connectivity index is 2.16. The van der Waals surface area contributed by atoms with Crippen LogP contribution in [0.3, 0.4) is 0 Å². The van der Waals surface area contributed by atoms with E-state index in [0.717, 1.165) is 0 Å². The molecule has 1 heterocycles. The highest BCUT2D eigenvalue weighted by molar-refractivity contribution is 5.77. The normalized spacial score (nSPS) is 11.5. The number of carbonyl (C=O) groups is 1. The van der Waals surface area contributed by atoms with Gasteiger partial charge in [-0.15, -0.1) is 0 Å². The van der Waals surface area contributed by atoms with Crippen LogP contribution in [0.15, 0.2) is 10.6 Å². The maximum atomic E-state index is 11.7. The lowest BCUT2D eigenvalue weighted by Crippen LogP contribution is -2.39. The fraction of sp³-hybridized carbons (Fsp3) is 0.556. The third-order valence-corrected chi connectivity index (χ3v) is 1.75. The van der Waals surface area contributed by atoms with Gasteiger partial charge in [0.1, 0.15) is 6.54 Å². The van der Waals surface area contributed by atoms with Crippen molar-refractivity contribution in [1.29, 1.82) is 0 Å². The Morgan fingerprint density at radius 1 is 1.53 bits per heavy atom. The second-order valence-corrected chi connectivity index (χ2v) is 3.43. The van der Waals surface area contributed by atoms with E-state index in [9.17, 15) is 18.0 Å². The van der Waals surface area contributed by atoms with Gasteiger partial charge in [-0.05, 0) is 6.92 Å². The number of hydrogen-bond acceptors (Lipinski definition) is 4. The molecule has 96 valence electrons. The number of halogens is 3. The second-order valence-electron chi connectivity index (χ2n) is 3.43. The standard InChI is InChI=1S/C9H12F3N3O2/c1-6-2-7(17-15-6)3-13-4-8(16)14-5-9(10,11)12/h2,13H,3-5H2,1H3,(H,14,16). The molecule has 8 heteroatoms. The molecule has 0 spiro atoms. The van der Waals surface area contributed by atoms with Gasteiger partial charge in [-0.2, -0.15) is 13.2 Å². The third-order valence-electron chi connectivity index (χ3n) is 1.75. The van der Waals surface area contributed by atoms with Crippen molar-refractivity contribution in [1.82, 2.24) is 15.8 Å². The number of nitrogens with one attached hydrogen (secondary N) is 2. The first-order valence-electron chi connectivity index (χ1n) is 4.83. The summed E-state index contributed by atoms with van der Waals surface area (Å²) in [5, 5.41) is 8.00. The lowest BCUT2D eigenvalue weighted by Gasteiger charge is -2.08. The van der Waals surface area contributed by atoms with Crippen LogP contribution in [0.2, 0.25) is 0 Å². The number of alkyl halides is 3. The molecule has 0 atom stereocenters. The number of nitrogens with zero attached hydrogens (tertiary/aromatic N) is 1. The molecule has 0 radical (unpaired) electrons. The molecule has 5 nitrogen and oxygen atoms in total. The molecule has 0 saturated heterocycles. The zero-order chi connectivity index (χ0) is 12.9. The summed E-state index contributed by atoms with van der Waals surface area (Å²) in [5.74, 6) is -0.204. The zero-order valence-electron chi connectivity index (χ0n) is 9.10. The topological polar surface area (TPSA) is 67.2 Å². The molecule has 0 aliphatic rings. The molecule has 0 aliphatic heterocycles. The number of rotatable bonds is 5. The minimum absolute atomic E-state index is 0.212. The number of aryl methyl sites for hydroxylation is 1. The van der Waals surface area contributed by atoms with Gasteiger partial charge in [0.2, 0.25) is 5.91 Å². The van der Waals surface area contributed by atoms with Crippen molar-refractivity contribution in [2.24, 2.45) is 0 Å². The van der Waals surface area contributed by atoms with Crippen LogP contribution in [0.1, 0.15) is 11.5 Å². The Hall–Kier alpha value is -1.57. The molecule has 1 rings (SSSR count). The van der Waals surface area contributed by atoms with Crippen LogP contribution in [0, 0.1) is 6.92 Å². The summed E-state index contributed by atoms with van der Waals surface area (Å²) < 4.78 is 40.1. The van der Waals surface area contributed by atoms with Crippen molar-refractivity contribution in [2.75, 3.05) is 13.1 Å². The number of amides is 1. The van der Waals surface area contributed by atoms with E-state index in [2.05, 4.69) is 10.5 Å². The van der Waals surface area contributed by atoms with Crippen LogP contribution in [0.25, 0.3) is 0 Å². The van der Waals surface area contributed by atoms with E-state index < -0.39 is 18.6 Å². The largest absolute Gasteiger partial charge is 0.405 e. The van der Waals surface area contributed by atoms with Gasteiger partial charge in [-0.25, -0.2) is 0 Å². The van der Waals surface area contributed by atoms with Crippen LogP contribution in [0.5, 0.6) is 0 Å². The van der Waals surface area contributed by atoms with E-state index in [1.165, 1.54) is 0 Å². The van der Waals surface area contributed by atoms with E-state index in [1.54, 1.807) is 18.3 Å². The van der Waals surface area contributed by atoms with Crippen LogP contribution in [-0.4, -0.2) is 30.3 Å². The molecule has 2 N–H and O–H groups in total. The summed E-state index contributed by atoms with van der Waals surface area (Å²) in [6.07, 6.45) is -4.39. The highest BCUT2D eigenvalue weighted by Crippen LogP contribution is 2.11. The molecule has 0 unspecified atom stereocenters. The molecule has 0 aliphatic carbocycles. The number of hydrogen-bond donors (Lipinski definition) is 2. The Morgan fingerprint density at radius 2 is 2.24 bits per heavy atom. The van der Waals surface area contributed by atoms with Crippen molar-refractivity contribution >= 4 is 5.91 Å². The first-order valence-corrected chi connectivity index (χ1v) is 4.83. The maximum Gasteiger partial charge on any atom is 0.405 e. The van der Waals surface area contributed by atoms with Gasteiger partial charge in [-0.3, -0.25) is 4.79 Å². The van der Waals surface area contributed by atoms with Crippen molar-refractivity contribution in [3.8, 4) is 0 Å². The molecular formula is C9H12F3N3O2. The Labute approximate surface area is 95.3 Å². The molecule has 17 heavy (non-hydrogen) atoms. The lowest BCUT2D eigenvalue weighted by atomic mass is 10.4. The van der Waals surface area contributed by atoms with Crippen LogP contribution >= 0.6 is 0 Å². The predicted molar refractivity (Wildman–Crippen MR) is 52.0 cm³/mol. The molecule has 0 aromatic carbocycles. The summed E-state index contributed by atoms with van der Waals surface area (Å²) in [5.41, 5.74) is 0.698. The molecular weight excluding hydrogens is 239 g/mol. The Morgan fingerprint density at radius 3 is 2.76 bits per heavy atom. The van der Waals surface area contributed by atoms with Crippen LogP contribution in [-0.2, 0) is 11.3 Å². The van der Waals surface area contributed by atoms with Crippen LogP contribution < -0.4 is 10.6 Å². The van der Waals surface area contributed by atoms with E-state index >= 15 is 0 Å². The first-order chi connectivity index (χ1) is 7.87. The fourth-order valence-corrected chi connectivity index (χ4v) is 1.06. The van der Waals surface area contributed by atoms with E-state index in [1.807, 2.05) is 0 Å². The maximum absolute atomic E-state index is 11.7. The van der Waals surface area contributed by atoms with Crippen LogP contribution in [0.4, 0.5) is 13.2 Å². The summed E-state index contributed by atoms with van der Waals surface area (Å²) in [6, 6.07) is 1.67. The second kappa shape index (κ2) is 5.67. The quantitative estimate of drug-likeness (QED) is 0.810. The van der Waals surface area contributed by atoms with Gasteiger partial charge in [-0.1, -0.05) is 5.16 Å². The SMILES string of the molecule is Cc1cc(CNCC(=O)NCC(F)(F)F)on1. The highest BCUT2D eigenvalue weighted by atomic mass is 19.4. The lowest BCUT2D eigenvalue weighted by molar-refractivity contribution is -0.137. The predicted octanol–water partition coefficient (Wildman–Crippen LogP) is 0.751. The van der Waals surface area contributed by atoms with Gasteiger partial charge < -0.3 is 15.2 Å². The monoisotopic (exact) mass is 251 g/mol. The number of carbonyl (C=O) groups excluding carboxylic acids is 1. The average Bonchev–Trinajstić information content (AvgIpc) is 2.60. The minimum Gasteiger partial charge on any atom is -0.360 e. The fourth-order valence-electron chi connectivity index (χ4n) is 1.06. The molecule has 1 aromatic rings. The van der Waals surface area contributed by atoms with Crippen molar-refractivity contribution < 1.29 is 22.5 Å². The van der Waals surface area contributed by atoms with Gasteiger partial charge >= 0.3 is 6.18 Å². The van der Waals surface area contributed by atoms with E-state index in [-0.39, 0.29) is 13.1 Å². The zero-order valence-corrected chi connectivity index (χ0v) is 9.10. The third kappa shape index (κ3) is 5.91. The Kier molecular flexibility index (Phi) is 4.50. The van der Waals surface area contributed by atoms with E-state index in [4.69, 9.17) is 4.52 Å². The van der Waals surface area contributed by atoms with Gasteiger partial charge in [0, 0.05) is 6.07 Å². The van der Waals surface area contributed by atoms with Crippen molar-refractivity contribution in [3.63, 3.8) is 0 Å². The average molecular weight is 251 g/mol. The van der Waals surface area contributed by atoms with Crippen molar-refractivity contribution in [3.05, 3.63) is 17.5 Å². The molecule has 0 fully saturated rings. The highest BCUT2D eigenvalue weighted by Gasteiger charge is 2.27. The van der Waals surface area contributed by atoms with Gasteiger partial charge in [0.05, 0.1) is 18.8 Å². The van der Waals surface area contributed by atoms with Gasteiger partial charge in [0.25, 0.3) is 0 Å². The molecule has 1 aromatic heterocycles. The molecule has 0 bridgehead atoms.